The maximum absolute atomic E-state index is 12.9. The minimum absolute atomic E-state index is 0.209. The summed E-state index contributed by atoms with van der Waals surface area (Å²) in [6.45, 7) is 0.861. The second kappa shape index (κ2) is 6.50. The van der Waals surface area contributed by atoms with Crippen LogP contribution in [-0.2, 0) is 6.42 Å². The molecule has 1 aromatic heterocycles. The van der Waals surface area contributed by atoms with Crippen molar-refractivity contribution in [3.05, 3.63) is 70.9 Å². The number of rotatable bonds is 5. The minimum Gasteiger partial charge on any atom is -0.385 e. The summed E-state index contributed by atoms with van der Waals surface area (Å²) < 4.78 is 12.9. The number of hydrogen-bond donors (Lipinski definition) is 1. The predicted molar refractivity (Wildman–Crippen MR) is 86.1 cm³/mol. The van der Waals surface area contributed by atoms with E-state index in [1.165, 1.54) is 12.1 Å². The van der Waals surface area contributed by atoms with Crippen molar-refractivity contribution in [3.8, 4) is 11.1 Å². The summed E-state index contributed by atoms with van der Waals surface area (Å²) in [5.74, 6) is -0.209. The first kappa shape index (κ1) is 13.8. The van der Waals surface area contributed by atoms with Crippen LogP contribution in [0.1, 0.15) is 5.69 Å². The van der Waals surface area contributed by atoms with E-state index in [2.05, 4.69) is 15.7 Å². The number of benzene rings is 2. The number of nitrogens with zero attached hydrogens (tertiary/aromatic N) is 1. The lowest BCUT2D eigenvalue weighted by Crippen LogP contribution is -2.04. The Morgan fingerprint density at radius 1 is 0.952 bits per heavy atom. The lowest BCUT2D eigenvalue weighted by atomic mass is 10.1. The first-order chi connectivity index (χ1) is 10.3. The molecule has 2 nitrogen and oxygen atoms in total. The van der Waals surface area contributed by atoms with Crippen molar-refractivity contribution in [1.29, 1.82) is 0 Å². The van der Waals surface area contributed by atoms with Crippen molar-refractivity contribution < 1.29 is 4.39 Å². The van der Waals surface area contributed by atoms with E-state index in [0.29, 0.717) is 0 Å². The van der Waals surface area contributed by atoms with Crippen LogP contribution in [0.5, 0.6) is 0 Å². The Morgan fingerprint density at radius 3 is 2.24 bits per heavy atom. The first-order valence-corrected chi connectivity index (χ1v) is 7.72. The molecule has 0 saturated carbocycles. The molecule has 1 heterocycles. The third kappa shape index (κ3) is 3.67. The van der Waals surface area contributed by atoms with Gasteiger partial charge in [0.25, 0.3) is 0 Å². The molecule has 106 valence electrons. The van der Waals surface area contributed by atoms with E-state index in [9.17, 15) is 4.39 Å². The zero-order valence-corrected chi connectivity index (χ0v) is 12.2. The highest BCUT2D eigenvalue weighted by Gasteiger charge is 1.99. The van der Waals surface area contributed by atoms with Gasteiger partial charge in [-0.1, -0.05) is 24.3 Å². The number of aromatic nitrogens is 1. The van der Waals surface area contributed by atoms with Crippen LogP contribution in [0.25, 0.3) is 11.1 Å². The molecular formula is C17H15FN2S. The molecular weight excluding hydrogens is 283 g/mol. The van der Waals surface area contributed by atoms with E-state index in [4.69, 9.17) is 0 Å². The Labute approximate surface area is 127 Å². The molecule has 0 amide bonds. The lowest BCUT2D eigenvalue weighted by Gasteiger charge is -2.07. The average molecular weight is 298 g/mol. The van der Waals surface area contributed by atoms with Gasteiger partial charge in [-0.05, 0) is 35.4 Å². The highest BCUT2D eigenvalue weighted by molar-refractivity contribution is 7.07. The fraction of sp³-hybridized carbons (Fsp3) is 0.118. The highest BCUT2D eigenvalue weighted by Crippen LogP contribution is 2.21. The number of anilines is 1. The molecule has 0 saturated heterocycles. The molecule has 2 aromatic carbocycles. The Bertz CT molecular complexity index is 676. The maximum Gasteiger partial charge on any atom is 0.123 e. The van der Waals surface area contributed by atoms with Gasteiger partial charge < -0.3 is 5.32 Å². The standard InChI is InChI=1S/C17H15FN2S/c18-15-5-1-13(2-6-15)14-3-7-16(8-4-14)19-10-9-17-11-21-12-20-17/h1-8,11-12,19H,9-10H2. The number of halogens is 1. The van der Waals surface area contributed by atoms with Gasteiger partial charge in [0.05, 0.1) is 11.2 Å². The van der Waals surface area contributed by atoms with E-state index in [1.807, 2.05) is 29.8 Å². The van der Waals surface area contributed by atoms with E-state index in [1.54, 1.807) is 23.5 Å². The van der Waals surface area contributed by atoms with Crippen molar-refractivity contribution in [2.24, 2.45) is 0 Å². The fourth-order valence-electron chi connectivity index (χ4n) is 2.12. The molecule has 4 heteroatoms. The Hall–Kier alpha value is -2.20. The van der Waals surface area contributed by atoms with Gasteiger partial charge >= 0.3 is 0 Å². The summed E-state index contributed by atoms with van der Waals surface area (Å²) in [5, 5.41) is 5.44. The van der Waals surface area contributed by atoms with Crippen LogP contribution < -0.4 is 5.32 Å². The number of thiazole rings is 1. The van der Waals surface area contributed by atoms with Gasteiger partial charge in [0.1, 0.15) is 5.82 Å². The smallest absolute Gasteiger partial charge is 0.123 e. The summed E-state index contributed by atoms with van der Waals surface area (Å²) in [6, 6.07) is 14.7. The largest absolute Gasteiger partial charge is 0.385 e. The zero-order valence-electron chi connectivity index (χ0n) is 11.4. The molecule has 3 rings (SSSR count). The van der Waals surface area contributed by atoms with Crippen LogP contribution in [0.3, 0.4) is 0 Å². The van der Waals surface area contributed by atoms with E-state index >= 15 is 0 Å². The second-order valence-corrected chi connectivity index (χ2v) is 5.46. The average Bonchev–Trinajstić information content (AvgIpc) is 3.02. The van der Waals surface area contributed by atoms with E-state index in [-0.39, 0.29) is 5.82 Å². The summed E-state index contributed by atoms with van der Waals surface area (Å²) in [5.41, 5.74) is 6.16. The molecule has 0 fully saturated rings. The number of nitrogens with one attached hydrogen (secondary N) is 1. The van der Waals surface area contributed by atoms with Gasteiger partial charge in [0.15, 0.2) is 0 Å². The summed E-state index contributed by atoms with van der Waals surface area (Å²) in [6.07, 6.45) is 0.920. The molecule has 0 radical (unpaired) electrons. The third-order valence-corrected chi connectivity index (χ3v) is 3.89. The quantitative estimate of drug-likeness (QED) is 0.744. The van der Waals surface area contributed by atoms with Crippen molar-refractivity contribution >= 4 is 17.0 Å². The molecule has 0 aliphatic heterocycles. The predicted octanol–water partition coefficient (Wildman–Crippen LogP) is 4.60. The summed E-state index contributed by atoms with van der Waals surface area (Å²) in [7, 11) is 0. The SMILES string of the molecule is Fc1ccc(-c2ccc(NCCc3cscn3)cc2)cc1. The minimum atomic E-state index is -0.209. The topological polar surface area (TPSA) is 24.9 Å². The van der Waals surface area contributed by atoms with Crippen LogP contribution in [0.4, 0.5) is 10.1 Å². The van der Waals surface area contributed by atoms with Crippen LogP contribution >= 0.6 is 11.3 Å². The Kier molecular flexibility index (Phi) is 4.26. The summed E-state index contributed by atoms with van der Waals surface area (Å²) >= 11 is 1.62. The molecule has 0 unspecified atom stereocenters. The lowest BCUT2D eigenvalue weighted by molar-refractivity contribution is 0.628. The van der Waals surface area contributed by atoms with Crippen LogP contribution in [0.2, 0.25) is 0 Å². The van der Waals surface area contributed by atoms with Gasteiger partial charge in [0.2, 0.25) is 0 Å². The molecule has 0 spiro atoms. The molecule has 21 heavy (non-hydrogen) atoms. The Balaban J connectivity index is 1.60. The van der Waals surface area contributed by atoms with Crippen LogP contribution in [0, 0.1) is 5.82 Å². The van der Waals surface area contributed by atoms with Gasteiger partial charge in [-0.15, -0.1) is 11.3 Å². The maximum atomic E-state index is 12.9. The Morgan fingerprint density at radius 2 is 1.62 bits per heavy atom. The number of hydrogen-bond acceptors (Lipinski definition) is 3. The fourth-order valence-corrected chi connectivity index (χ4v) is 2.71. The molecule has 1 N–H and O–H groups in total. The van der Waals surface area contributed by atoms with Crippen molar-refractivity contribution in [2.75, 3.05) is 11.9 Å². The molecule has 0 aliphatic carbocycles. The third-order valence-electron chi connectivity index (χ3n) is 3.26. The summed E-state index contributed by atoms with van der Waals surface area (Å²) in [4.78, 5) is 4.26. The van der Waals surface area contributed by atoms with Crippen molar-refractivity contribution in [3.63, 3.8) is 0 Å². The van der Waals surface area contributed by atoms with Crippen LogP contribution in [-0.4, -0.2) is 11.5 Å². The van der Waals surface area contributed by atoms with E-state index < -0.39 is 0 Å². The van der Waals surface area contributed by atoms with Gasteiger partial charge in [0, 0.05) is 24.0 Å². The molecule has 3 aromatic rings. The van der Waals surface area contributed by atoms with E-state index in [0.717, 1.165) is 35.5 Å². The monoisotopic (exact) mass is 298 g/mol. The zero-order chi connectivity index (χ0) is 14.5. The van der Waals surface area contributed by atoms with Crippen molar-refractivity contribution in [2.45, 2.75) is 6.42 Å². The van der Waals surface area contributed by atoms with Gasteiger partial charge in [-0.25, -0.2) is 9.37 Å². The second-order valence-electron chi connectivity index (χ2n) is 4.74. The molecule has 0 bridgehead atoms. The van der Waals surface area contributed by atoms with Gasteiger partial charge in [-0.2, -0.15) is 0 Å². The van der Waals surface area contributed by atoms with Crippen LogP contribution in [0.15, 0.2) is 59.4 Å². The first-order valence-electron chi connectivity index (χ1n) is 6.78. The molecule has 0 aliphatic rings. The molecule has 0 atom stereocenters. The van der Waals surface area contributed by atoms with Gasteiger partial charge in [-0.3, -0.25) is 0 Å². The van der Waals surface area contributed by atoms with Crippen molar-refractivity contribution in [1.82, 2.24) is 4.98 Å². The normalized spacial score (nSPS) is 10.5. The highest BCUT2D eigenvalue weighted by atomic mass is 32.1.